The van der Waals surface area contributed by atoms with E-state index in [1.807, 2.05) is 19.1 Å². The Hall–Kier alpha value is -3.06. The van der Waals surface area contributed by atoms with Gasteiger partial charge in [0, 0.05) is 5.56 Å². The number of ether oxygens (including phenoxy) is 2. The Labute approximate surface area is 164 Å². The zero-order chi connectivity index (χ0) is 20.3. The van der Waals surface area contributed by atoms with Crippen molar-refractivity contribution in [2.24, 2.45) is 11.5 Å². The molecule has 7 heteroatoms. The smallest absolute Gasteiger partial charge is 0.255 e. The predicted molar refractivity (Wildman–Crippen MR) is 105 cm³/mol. The summed E-state index contributed by atoms with van der Waals surface area (Å²) in [5, 5.41) is 0. The van der Waals surface area contributed by atoms with Gasteiger partial charge in [0.25, 0.3) is 5.91 Å². The number of hydrogen-bond acceptors (Lipinski definition) is 5. The van der Waals surface area contributed by atoms with Crippen molar-refractivity contribution in [3.8, 4) is 11.5 Å². The number of nitrogens with two attached hydrogens (primary N) is 2. The monoisotopic (exact) mass is 383 g/mol. The first kappa shape index (κ1) is 19.7. The van der Waals surface area contributed by atoms with E-state index < -0.39 is 18.0 Å². The zero-order valence-electron chi connectivity index (χ0n) is 16.1. The maximum absolute atomic E-state index is 13.2. The quantitative estimate of drug-likeness (QED) is 0.726. The van der Waals surface area contributed by atoms with Gasteiger partial charge in [-0.2, -0.15) is 0 Å². The van der Waals surface area contributed by atoms with Crippen molar-refractivity contribution < 1.29 is 19.1 Å². The molecule has 0 spiro atoms. The molecule has 2 aromatic carbocycles. The molecular weight excluding hydrogens is 358 g/mol. The zero-order valence-corrected chi connectivity index (χ0v) is 16.1. The number of methoxy groups -OCH3 is 1. The minimum absolute atomic E-state index is 0.230. The predicted octanol–water partition coefficient (Wildman–Crippen LogP) is 2.17. The van der Waals surface area contributed by atoms with Crippen molar-refractivity contribution in [1.29, 1.82) is 0 Å². The summed E-state index contributed by atoms with van der Waals surface area (Å²) in [6, 6.07) is 11.3. The number of fused-ring (bicyclic) bond motifs is 1. The van der Waals surface area contributed by atoms with Gasteiger partial charge in [-0.15, -0.1) is 0 Å². The molecule has 7 nitrogen and oxygen atoms in total. The first-order valence-corrected chi connectivity index (χ1v) is 9.25. The van der Waals surface area contributed by atoms with Gasteiger partial charge in [-0.1, -0.05) is 24.3 Å². The molecule has 1 aliphatic heterocycles. The normalized spacial score (nSPS) is 16.6. The van der Waals surface area contributed by atoms with Gasteiger partial charge in [0.1, 0.15) is 6.04 Å². The fourth-order valence-corrected chi connectivity index (χ4v) is 3.74. The van der Waals surface area contributed by atoms with Crippen LogP contribution in [0.1, 0.15) is 46.9 Å². The number of amides is 2. The summed E-state index contributed by atoms with van der Waals surface area (Å²) in [6.07, 6.45) is 0.474. The van der Waals surface area contributed by atoms with E-state index in [2.05, 4.69) is 0 Å². The number of carbonyl (C=O) groups is 2. The molecule has 2 aromatic rings. The molecule has 2 atom stereocenters. The number of benzene rings is 2. The van der Waals surface area contributed by atoms with Crippen LogP contribution in [0.15, 0.2) is 42.5 Å². The summed E-state index contributed by atoms with van der Waals surface area (Å²) in [7, 11) is 1.57. The largest absolute Gasteiger partial charge is 0.493 e. The first-order valence-electron chi connectivity index (χ1n) is 9.25. The molecule has 0 aromatic heterocycles. The van der Waals surface area contributed by atoms with Crippen LogP contribution in [-0.2, 0) is 4.79 Å². The summed E-state index contributed by atoms with van der Waals surface area (Å²) < 4.78 is 11.0. The van der Waals surface area contributed by atoms with Crippen molar-refractivity contribution in [2.75, 3.05) is 20.3 Å². The Balaban J connectivity index is 2.08. The summed E-state index contributed by atoms with van der Waals surface area (Å²) in [4.78, 5) is 27.0. The van der Waals surface area contributed by atoms with Crippen LogP contribution in [0, 0.1) is 0 Å². The number of nitrogens with zero attached hydrogens (tertiary/aromatic N) is 1. The number of rotatable bonds is 8. The third-order valence-electron chi connectivity index (χ3n) is 4.92. The van der Waals surface area contributed by atoms with Crippen LogP contribution in [0.4, 0.5) is 0 Å². The van der Waals surface area contributed by atoms with Gasteiger partial charge in [0.05, 0.1) is 19.8 Å². The lowest BCUT2D eigenvalue weighted by molar-refractivity contribution is -0.123. The third kappa shape index (κ3) is 3.41. The minimum atomic E-state index is -0.835. The second-order valence-corrected chi connectivity index (χ2v) is 6.54. The number of hydrogen-bond donors (Lipinski definition) is 2. The van der Waals surface area contributed by atoms with Gasteiger partial charge in [-0.3, -0.25) is 9.59 Å². The number of primary amides is 1. The van der Waals surface area contributed by atoms with Crippen molar-refractivity contribution in [2.45, 2.75) is 25.4 Å². The highest BCUT2D eigenvalue weighted by atomic mass is 16.5. The van der Waals surface area contributed by atoms with E-state index in [0.29, 0.717) is 42.2 Å². The van der Waals surface area contributed by atoms with Crippen molar-refractivity contribution in [1.82, 2.24) is 4.90 Å². The summed E-state index contributed by atoms with van der Waals surface area (Å²) >= 11 is 0. The van der Waals surface area contributed by atoms with Crippen molar-refractivity contribution in [3.05, 3.63) is 59.2 Å². The van der Waals surface area contributed by atoms with Crippen LogP contribution >= 0.6 is 0 Å². The molecule has 0 saturated carbocycles. The molecule has 2 amide bonds. The Bertz CT molecular complexity index is 884. The van der Waals surface area contributed by atoms with E-state index >= 15 is 0 Å². The van der Waals surface area contributed by atoms with Gasteiger partial charge in [-0.25, -0.2) is 0 Å². The fraction of sp³-hybridized carbons (Fsp3) is 0.333. The Morgan fingerprint density at radius 2 is 1.96 bits per heavy atom. The highest BCUT2D eigenvalue weighted by molar-refractivity contribution is 6.04. The van der Waals surface area contributed by atoms with Crippen LogP contribution in [0.5, 0.6) is 11.5 Å². The molecule has 0 saturated heterocycles. The van der Waals surface area contributed by atoms with Gasteiger partial charge in [0.2, 0.25) is 5.91 Å². The molecule has 1 heterocycles. The lowest BCUT2D eigenvalue weighted by Crippen LogP contribution is -2.39. The molecule has 0 aliphatic carbocycles. The number of carbonyl (C=O) groups excluding carboxylic acids is 2. The van der Waals surface area contributed by atoms with Crippen LogP contribution in [0.2, 0.25) is 0 Å². The molecule has 148 valence electrons. The molecule has 0 radical (unpaired) electrons. The van der Waals surface area contributed by atoms with Gasteiger partial charge >= 0.3 is 0 Å². The van der Waals surface area contributed by atoms with E-state index in [4.69, 9.17) is 20.9 Å². The standard InChI is InChI=1S/C21H25N3O4/c1-3-28-18-12-13(8-9-17(18)27-2)16(10-11-22)24-19(20(23)25)14-6-4-5-7-15(14)21(24)26/h4-9,12,16,19H,3,10-11,22H2,1-2H3,(H2,23,25). The molecule has 2 unspecified atom stereocenters. The second-order valence-electron chi connectivity index (χ2n) is 6.54. The lowest BCUT2D eigenvalue weighted by Gasteiger charge is -2.32. The Morgan fingerprint density at radius 3 is 2.61 bits per heavy atom. The topological polar surface area (TPSA) is 108 Å². The minimum Gasteiger partial charge on any atom is -0.493 e. The molecule has 0 fully saturated rings. The highest BCUT2D eigenvalue weighted by Crippen LogP contribution is 2.42. The second kappa shape index (κ2) is 8.31. The first-order chi connectivity index (χ1) is 13.5. The van der Waals surface area contributed by atoms with Gasteiger partial charge in [0.15, 0.2) is 11.5 Å². The van der Waals surface area contributed by atoms with E-state index in [0.717, 1.165) is 5.56 Å². The molecule has 3 rings (SSSR count). The molecule has 1 aliphatic rings. The van der Waals surface area contributed by atoms with Crippen LogP contribution in [0.3, 0.4) is 0 Å². The summed E-state index contributed by atoms with van der Waals surface area (Å²) in [6.45, 7) is 2.69. The van der Waals surface area contributed by atoms with E-state index in [-0.39, 0.29) is 5.91 Å². The average molecular weight is 383 g/mol. The molecule has 28 heavy (non-hydrogen) atoms. The van der Waals surface area contributed by atoms with Gasteiger partial charge < -0.3 is 25.8 Å². The maximum atomic E-state index is 13.2. The molecular formula is C21H25N3O4. The van der Waals surface area contributed by atoms with Gasteiger partial charge in [-0.05, 0) is 49.2 Å². The third-order valence-corrected chi connectivity index (χ3v) is 4.92. The SMILES string of the molecule is CCOc1cc(C(CCN)N2C(=O)c3ccccc3C2C(N)=O)ccc1OC. The highest BCUT2D eigenvalue weighted by Gasteiger charge is 2.43. The summed E-state index contributed by atoms with van der Waals surface area (Å²) in [5.41, 5.74) is 13.5. The lowest BCUT2D eigenvalue weighted by atomic mass is 9.99. The Morgan fingerprint density at radius 1 is 1.21 bits per heavy atom. The molecule has 4 N–H and O–H groups in total. The Kier molecular flexibility index (Phi) is 5.84. The van der Waals surface area contributed by atoms with Crippen molar-refractivity contribution in [3.63, 3.8) is 0 Å². The van der Waals surface area contributed by atoms with E-state index in [1.54, 1.807) is 37.4 Å². The van der Waals surface area contributed by atoms with Crippen LogP contribution in [-0.4, -0.2) is 37.0 Å². The van der Waals surface area contributed by atoms with E-state index in [9.17, 15) is 9.59 Å². The average Bonchev–Trinajstić information content (AvgIpc) is 2.99. The van der Waals surface area contributed by atoms with Crippen molar-refractivity contribution >= 4 is 11.8 Å². The molecule has 0 bridgehead atoms. The van der Waals surface area contributed by atoms with E-state index in [1.165, 1.54) is 4.90 Å². The summed E-state index contributed by atoms with van der Waals surface area (Å²) in [5.74, 6) is 0.370. The van der Waals surface area contributed by atoms with Crippen LogP contribution < -0.4 is 20.9 Å². The van der Waals surface area contributed by atoms with Crippen LogP contribution in [0.25, 0.3) is 0 Å². The maximum Gasteiger partial charge on any atom is 0.255 e. The fourth-order valence-electron chi connectivity index (χ4n) is 3.74.